The van der Waals surface area contributed by atoms with E-state index in [2.05, 4.69) is 4.98 Å². The van der Waals surface area contributed by atoms with Gasteiger partial charge in [-0.1, -0.05) is 0 Å². The van der Waals surface area contributed by atoms with E-state index >= 15 is 0 Å². The van der Waals surface area contributed by atoms with Crippen LogP contribution in [0.4, 0.5) is 4.39 Å². The molecule has 0 radical (unpaired) electrons. The Balaban J connectivity index is 1.96. The van der Waals surface area contributed by atoms with E-state index in [-0.39, 0.29) is 17.7 Å². The lowest BCUT2D eigenvalue weighted by atomic mass is 9.99. The lowest BCUT2D eigenvalue weighted by Crippen LogP contribution is -2.28. The predicted molar refractivity (Wildman–Crippen MR) is 66.2 cm³/mol. The van der Waals surface area contributed by atoms with Gasteiger partial charge in [-0.2, -0.15) is 0 Å². The molecule has 0 aliphatic carbocycles. The maximum absolute atomic E-state index is 13.1. The molecule has 0 bridgehead atoms. The first-order chi connectivity index (χ1) is 8.75. The molecule has 0 spiro atoms. The van der Waals surface area contributed by atoms with E-state index in [1.165, 1.54) is 12.1 Å². The van der Waals surface area contributed by atoms with Crippen molar-refractivity contribution >= 4 is 16.7 Å². The van der Waals surface area contributed by atoms with Crippen molar-refractivity contribution < 1.29 is 13.9 Å². The van der Waals surface area contributed by atoms with Crippen molar-refractivity contribution in [3.63, 3.8) is 0 Å². The minimum absolute atomic E-state index is 0.00689. The Labute approximate surface area is 104 Å². The van der Waals surface area contributed by atoms with E-state index in [1.807, 2.05) is 0 Å². The van der Waals surface area contributed by atoms with Crippen LogP contribution in [0.15, 0.2) is 24.4 Å². The number of H-pyrrole nitrogens is 1. The number of hydrogen-bond donors (Lipinski definition) is 1. The average molecular weight is 247 g/mol. The van der Waals surface area contributed by atoms with E-state index in [0.717, 1.165) is 24.6 Å². The molecule has 18 heavy (non-hydrogen) atoms. The van der Waals surface area contributed by atoms with Crippen LogP contribution in [0.5, 0.6) is 0 Å². The zero-order chi connectivity index (χ0) is 12.5. The molecule has 1 aromatic heterocycles. The summed E-state index contributed by atoms with van der Waals surface area (Å²) >= 11 is 0. The number of carbonyl (C=O) groups is 1. The van der Waals surface area contributed by atoms with Crippen LogP contribution in [0.2, 0.25) is 0 Å². The zero-order valence-electron chi connectivity index (χ0n) is 9.91. The summed E-state index contributed by atoms with van der Waals surface area (Å²) in [5, 5.41) is 0.760. The van der Waals surface area contributed by atoms with Gasteiger partial charge < -0.3 is 9.72 Å². The molecule has 1 aliphatic heterocycles. The Bertz CT molecular complexity index is 584. The standard InChI is InChI=1S/C14H14FNO2/c15-9-4-5-10-11(8-16-12(10)7-9)14(17)13-3-1-2-6-18-13/h4-5,7-8,13,16H,1-3,6H2. The highest BCUT2D eigenvalue weighted by molar-refractivity contribution is 6.09. The molecular weight excluding hydrogens is 233 g/mol. The maximum atomic E-state index is 13.1. The fraction of sp³-hybridized carbons (Fsp3) is 0.357. The molecule has 2 heterocycles. The highest BCUT2D eigenvalue weighted by Crippen LogP contribution is 2.24. The van der Waals surface area contributed by atoms with Crippen molar-refractivity contribution in [3.8, 4) is 0 Å². The SMILES string of the molecule is O=C(c1c[nH]c2cc(F)ccc12)C1CCCCO1. The van der Waals surface area contributed by atoms with Gasteiger partial charge in [-0.15, -0.1) is 0 Å². The number of benzene rings is 1. The van der Waals surface area contributed by atoms with Gasteiger partial charge in [-0.05, 0) is 37.5 Å². The molecule has 1 aromatic carbocycles. The van der Waals surface area contributed by atoms with Gasteiger partial charge >= 0.3 is 0 Å². The zero-order valence-corrected chi connectivity index (χ0v) is 9.91. The molecule has 0 amide bonds. The topological polar surface area (TPSA) is 42.1 Å². The van der Waals surface area contributed by atoms with Gasteiger partial charge in [-0.3, -0.25) is 4.79 Å². The first kappa shape index (κ1) is 11.4. The Morgan fingerprint density at radius 3 is 3.06 bits per heavy atom. The minimum atomic E-state index is -0.345. The smallest absolute Gasteiger partial charge is 0.193 e. The maximum Gasteiger partial charge on any atom is 0.193 e. The Hall–Kier alpha value is -1.68. The summed E-state index contributed by atoms with van der Waals surface area (Å²) in [4.78, 5) is 15.3. The lowest BCUT2D eigenvalue weighted by molar-refractivity contribution is 0.0188. The van der Waals surface area contributed by atoms with Crippen molar-refractivity contribution in [2.45, 2.75) is 25.4 Å². The molecule has 1 fully saturated rings. The first-order valence-electron chi connectivity index (χ1n) is 6.18. The van der Waals surface area contributed by atoms with E-state index < -0.39 is 0 Å². The number of hydrogen-bond acceptors (Lipinski definition) is 2. The largest absolute Gasteiger partial charge is 0.370 e. The third kappa shape index (κ3) is 1.93. The number of ketones is 1. The summed E-state index contributed by atoms with van der Waals surface area (Å²) in [7, 11) is 0. The first-order valence-corrected chi connectivity index (χ1v) is 6.18. The molecule has 1 atom stereocenters. The summed E-state index contributed by atoms with van der Waals surface area (Å²) in [6.07, 6.45) is 4.11. The number of aromatic nitrogens is 1. The van der Waals surface area contributed by atoms with Crippen molar-refractivity contribution in [3.05, 3.63) is 35.8 Å². The molecule has 0 saturated carbocycles. The molecule has 1 N–H and O–H groups in total. The lowest BCUT2D eigenvalue weighted by Gasteiger charge is -2.20. The monoisotopic (exact) mass is 247 g/mol. The third-order valence-electron chi connectivity index (χ3n) is 3.38. The molecule has 4 heteroatoms. The van der Waals surface area contributed by atoms with Crippen LogP contribution < -0.4 is 0 Å². The summed E-state index contributed by atoms with van der Waals surface area (Å²) < 4.78 is 18.6. The van der Waals surface area contributed by atoms with Crippen LogP contribution in [0, 0.1) is 5.82 Å². The Morgan fingerprint density at radius 2 is 2.28 bits per heavy atom. The van der Waals surface area contributed by atoms with Crippen LogP contribution in [0.1, 0.15) is 29.6 Å². The number of nitrogens with one attached hydrogen (secondary N) is 1. The van der Waals surface area contributed by atoms with Crippen molar-refractivity contribution in [1.29, 1.82) is 0 Å². The summed E-state index contributed by atoms with van der Waals surface area (Å²) in [5.74, 6) is -0.315. The molecule has 1 aliphatic rings. The van der Waals surface area contributed by atoms with Crippen molar-refractivity contribution in [1.82, 2.24) is 4.98 Å². The van der Waals surface area contributed by atoms with Gasteiger partial charge in [0, 0.05) is 29.3 Å². The number of carbonyl (C=O) groups excluding carboxylic acids is 1. The molecular formula is C14H14FNO2. The second-order valence-electron chi connectivity index (χ2n) is 4.61. The van der Waals surface area contributed by atoms with E-state index in [1.54, 1.807) is 12.3 Å². The van der Waals surface area contributed by atoms with Crippen molar-refractivity contribution in [2.24, 2.45) is 0 Å². The molecule has 3 nitrogen and oxygen atoms in total. The van der Waals surface area contributed by atoms with Gasteiger partial charge in [0.05, 0.1) is 0 Å². The van der Waals surface area contributed by atoms with Crippen LogP contribution in [0.3, 0.4) is 0 Å². The molecule has 1 saturated heterocycles. The minimum Gasteiger partial charge on any atom is -0.370 e. The molecule has 1 unspecified atom stereocenters. The molecule has 3 rings (SSSR count). The third-order valence-corrected chi connectivity index (χ3v) is 3.38. The number of ether oxygens (including phenoxy) is 1. The quantitative estimate of drug-likeness (QED) is 0.829. The van der Waals surface area contributed by atoms with Crippen LogP contribution >= 0.6 is 0 Å². The number of fused-ring (bicyclic) bond motifs is 1. The molecule has 94 valence electrons. The predicted octanol–water partition coefficient (Wildman–Crippen LogP) is 3.06. The fourth-order valence-electron chi connectivity index (χ4n) is 2.42. The van der Waals surface area contributed by atoms with Gasteiger partial charge in [0.15, 0.2) is 5.78 Å². The van der Waals surface area contributed by atoms with Gasteiger partial charge in [-0.25, -0.2) is 4.39 Å². The number of halogens is 1. The summed E-state index contributed by atoms with van der Waals surface area (Å²) in [6, 6.07) is 4.40. The van der Waals surface area contributed by atoms with E-state index in [4.69, 9.17) is 4.74 Å². The Kier molecular flexibility index (Phi) is 2.88. The van der Waals surface area contributed by atoms with E-state index in [0.29, 0.717) is 17.7 Å². The number of Topliss-reactive ketones (excluding diaryl/α,β-unsaturated/α-hetero) is 1. The Morgan fingerprint density at radius 1 is 1.39 bits per heavy atom. The van der Waals surface area contributed by atoms with Gasteiger partial charge in [0.25, 0.3) is 0 Å². The van der Waals surface area contributed by atoms with Gasteiger partial charge in [0.2, 0.25) is 0 Å². The molecule has 2 aromatic rings. The number of aromatic amines is 1. The second-order valence-corrected chi connectivity index (χ2v) is 4.61. The van der Waals surface area contributed by atoms with Crippen LogP contribution in [0.25, 0.3) is 10.9 Å². The summed E-state index contributed by atoms with van der Waals surface area (Å²) in [6.45, 7) is 0.646. The van der Waals surface area contributed by atoms with Crippen molar-refractivity contribution in [2.75, 3.05) is 6.61 Å². The normalized spacial score (nSPS) is 20.2. The highest BCUT2D eigenvalue weighted by Gasteiger charge is 2.25. The number of rotatable bonds is 2. The average Bonchev–Trinajstić information content (AvgIpc) is 2.81. The van der Waals surface area contributed by atoms with E-state index in [9.17, 15) is 9.18 Å². The summed E-state index contributed by atoms with van der Waals surface area (Å²) in [5.41, 5.74) is 1.24. The van der Waals surface area contributed by atoms with Crippen LogP contribution in [-0.2, 0) is 4.74 Å². The second kappa shape index (κ2) is 4.53. The fourth-order valence-corrected chi connectivity index (χ4v) is 2.42. The van der Waals surface area contributed by atoms with Crippen LogP contribution in [-0.4, -0.2) is 23.5 Å². The highest BCUT2D eigenvalue weighted by atomic mass is 19.1. The van der Waals surface area contributed by atoms with Gasteiger partial charge in [0.1, 0.15) is 11.9 Å².